The molecule has 1 aromatic carbocycles. The van der Waals surface area contributed by atoms with E-state index in [9.17, 15) is 14.4 Å². The van der Waals surface area contributed by atoms with Gasteiger partial charge in [-0.2, -0.15) is 0 Å². The Morgan fingerprint density at radius 3 is 2.46 bits per heavy atom. The summed E-state index contributed by atoms with van der Waals surface area (Å²) in [7, 11) is 3.02. The van der Waals surface area contributed by atoms with Crippen LogP contribution in [0.15, 0.2) is 18.2 Å². The molecule has 1 atom stereocenters. The van der Waals surface area contributed by atoms with Crippen LogP contribution in [0.4, 0.5) is 5.69 Å². The Morgan fingerprint density at radius 2 is 1.88 bits per heavy atom. The van der Waals surface area contributed by atoms with Crippen LogP contribution in [0, 0.1) is 5.92 Å². The molecule has 3 amide bonds. The zero-order valence-corrected chi connectivity index (χ0v) is 15.0. The number of quaternary nitrogens is 1. The van der Waals surface area contributed by atoms with Gasteiger partial charge in [-0.25, -0.2) is 4.90 Å². The number of carbonyl (C=O) groups is 3. The van der Waals surface area contributed by atoms with Crippen molar-refractivity contribution in [3.8, 4) is 11.5 Å². The second kappa shape index (κ2) is 7.33. The van der Waals surface area contributed by atoms with E-state index in [-0.39, 0.29) is 30.1 Å². The topological polar surface area (TPSA) is 103 Å². The molecule has 3 N–H and O–H groups in total. The van der Waals surface area contributed by atoms with E-state index in [2.05, 4.69) is 0 Å². The molecule has 0 aliphatic carbocycles. The van der Waals surface area contributed by atoms with Crippen molar-refractivity contribution in [1.82, 2.24) is 0 Å². The van der Waals surface area contributed by atoms with Gasteiger partial charge in [0.1, 0.15) is 11.5 Å². The third-order valence-corrected chi connectivity index (χ3v) is 5.30. The molecule has 2 aliphatic rings. The molecule has 0 bridgehead atoms. The van der Waals surface area contributed by atoms with Crippen molar-refractivity contribution in [1.29, 1.82) is 0 Å². The lowest BCUT2D eigenvalue weighted by Gasteiger charge is -2.30. The number of piperidine rings is 1. The number of ether oxygens (including phenoxy) is 2. The summed E-state index contributed by atoms with van der Waals surface area (Å²) >= 11 is 0. The first kappa shape index (κ1) is 18.2. The summed E-state index contributed by atoms with van der Waals surface area (Å²) in [4.78, 5) is 39.1. The Bertz CT molecular complexity index is 728. The number of imide groups is 1. The highest BCUT2D eigenvalue weighted by atomic mass is 16.5. The minimum absolute atomic E-state index is 0.135. The third kappa shape index (κ3) is 3.24. The molecule has 3 rings (SSSR count). The van der Waals surface area contributed by atoms with Crippen LogP contribution in [-0.4, -0.2) is 51.1 Å². The number of methoxy groups -OCH3 is 2. The van der Waals surface area contributed by atoms with Crippen molar-refractivity contribution >= 4 is 23.4 Å². The highest BCUT2D eigenvalue weighted by molar-refractivity contribution is 6.22. The Labute approximate surface area is 151 Å². The first-order valence-corrected chi connectivity index (χ1v) is 8.69. The molecular formula is C18H24N3O5+. The van der Waals surface area contributed by atoms with Crippen molar-refractivity contribution < 1.29 is 28.8 Å². The molecule has 8 nitrogen and oxygen atoms in total. The van der Waals surface area contributed by atoms with Crippen LogP contribution in [0.5, 0.6) is 11.5 Å². The van der Waals surface area contributed by atoms with Crippen LogP contribution in [0.2, 0.25) is 0 Å². The number of hydrogen-bond donors (Lipinski definition) is 2. The number of benzene rings is 1. The molecule has 0 radical (unpaired) electrons. The van der Waals surface area contributed by atoms with E-state index < -0.39 is 6.04 Å². The predicted molar refractivity (Wildman–Crippen MR) is 93.1 cm³/mol. The number of primary amides is 1. The summed E-state index contributed by atoms with van der Waals surface area (Å²) in [5.41, 5.74) is 5.80. The van der Waals surface area contributed by atoms with Gasteiger partial charge < -0.3 is 20.1 Å². The molecule has 8 heteroatoms. The smallest absolute Gasteiger partial charge is 0.292 e. The van der Waals surface area contributed by atoms with Crippen molar-refractivity contribution in [3.63, 3.8) is 0 Å². The van der Waals surface area contributed by atoms with Gasteiger partial charge in [-0.3, -0.25) is 14.4 Å². The minimum Gasteiger partial charge on any atom is -0.497 e. The number of nitrogens with two attached hydrogens (primary N) is 1. The molecule has 2 fully saturated rings. The number of anilines is 1. The van der Waals surface area contributed by atoms with Crippen molar-refractivity contribution in [2.24, 2.45) is 11.7 Å². The molecule has 0 saturated carbocycles. The van der Waals surface area contributed by atoms with Gasteiger partial charge in [0.25, 0.3) is 5.91 Å². The van der Waals surface area contributed by atoms with Gasteiger partial charge in [0.2, 0.25) is 11.8 Å². The lowest BCUT2D eigenvalue weighted by Crippen LogP contribution is -3.17. The SMILES string of the molecule is COc1ccc(N2C(=O)C[C@@H]([NH+]3CCC(C(N)=O)CC3)C2=O)c(OC)c1. The number of rotatable bonds is 5. The summed E-state index contributed by atoms with van der Waals surface area (Å²) < 4.78 is 10.5. The number of nitrogens with zero attached hydrogens (tertiary/aromatic N) is 1. The quantitative estimate of drug-likeness (QED) is 0.662. The highest BCUT2D eigenvalue weighted by Crippen LogP contribution is 2.34. The Morgan fingerprint density at radius 1 is 1.19 bits per heavy atom. The predicted octanol–water partition coefficient (Wildman–Crippen LogP) is -0.884. The molecule has 0 aromatic heterocycles. The Hall–Kier alpha value is -2.61. The fraction of sp³-hybridized carbons (Fsp3) is 0.500. The lowest BCUT2D eigenvalue weighted by atomic mass is 9.95. The first-order chi connectivity index (χ1) is 12.5. The molecule has 26 heavy (non-hydrogen) atoms. The van der Waals surface area contributed by atoms with Gasteiger partial charge >= 0.3 is 0 Å². The maximum atomic E-state index is 13.0. The van der Waals surface area contributed by atoms with Crippen molar-refractivity contribution in [2.45, 2.75) is 25.3 Å². The fourth-order valence-electron chi connectivity index (χ4n) is 3.80. The molecule has 1 aromatic rings. The molecular weight excluding hydrogens is 338 g/mol. The van der Waals surface area contributed by atoms with E-state index in [4.69, 9.17) is 15.2 Å². The summed E-state index contributed by atoms with van der Waals surface area (Å²) in [5.74, 6) is 0.0970. The maximum Gasteiger partial charge on any atom is 0.292 e. The summed E-state index contributed by atoms with van der Waals surface area (Å²) in [6.45, 7) is 1.32. The molecule has 0 unspecified atom stereocenters. The van der Waals surface area contributed by atoms with Crippen LogP contribution in [0.25, 0.3) is 0 Å². The van der Waals surface area contributed by atoms with E-state index in [0.717, 1.165) is 4.90 Å². The number of amides is 3. The van der Waals surface area contributed by atoms with E-state index in [1.54, 1.807) is 18.2 Å². The van der Waals surface area contributed by atoms with Gasteiger partial charge in [0, 0.05) is 24.8 Å². The van der Waals surface area contributed by atoms with Crippen LogP contribution in [0.1, 0.15) is 19.3 Å². The second-order valence-corrected chi connectivity index (χ2v) is 6.70. The largest absolute Gasteiger partial charge is 0.497 e. The Kier molecular flexibility index (Phi) is 5.13. The molecule has 2 saturated heterocycles. The zero-order chi connectivity index (χ0) is 18.8. The first-order valence-electron chi connectivity index (χ1n) is 8.69. The van der Waals surface area contributed by atoms with Crippen LogP contribution < -0.4 is 25.0 Å². The van der Waals surface area contributed by atoms with E-state index in [1.165, 1.54) is 19.1 Å². The average Bonchev–Trinajstić information content (AvgIpc) is 2.95. The fourth-order valence-corrected chi connectivity index (χ4v) is 3.80. The molecule has 0 spiro atoms. The van der Waals surface area contributed by atoms with Crippen LogP contribution >= 0.6 is 0 Å². The van der Waals surface area contributed by atoms with Crippen LogP contribution in [-0.2, 0) is 14.4 Å². The van der Waals surface area contributed by atoms with Gasteiger partial charge in [0.15, 0.2) is 6.04 Å². The average molecular weight is 362 g/mol. The lowest BCUT2D eigenvalue weighted by molar-refractivity contribution is -0.920. The normalized spacial score (nSPS) is 26.1. The van der Waals surface area contributed by atoms with E-state index >= 15 is 0 Å². The number of likely N-dealkylation sites (tertiary alicyclic amines) is 1. The standard InChI is InChI=1S/C18H23N3O5/c1-25-12-3-4-13(15(9-12)26-2)21-16(22)10-14(18(21)24)20-7-5-11(6-8-20)17(19)23/h3-4,9,11,14H,5-8,10H2,1-2H3,(H2,19,23)/p+1/t14-/m1/s1. The number of hydrogen-bond acceptors (Lipinski definition) is 5. The molecule has 2 aliphatic heterocycles. The Balaban J connectivity index is 1.79. The van der Waals surface area contributed by atoms with Gasteiger partial charge in [-0.1, -0.05) is 0 Å². The second-order valence-electron chi connectivity index (χ2n) is 6.70. The number of carbonyl (C=O) groups excluding carboxylic acids is 3. The van der Waals surface area contributed by atoms with Gasteiger partial charge in [-0.15, -0.1) is 0 Å². The summed E-state index contributed by atoms with van der Waals surface area (Å²) in [5, 5.41) is 0. The van der Waals surface area contributed by atoms with E-state index in [0.29, 0.717) is 43.1 Å². The van der Waals surface area contributed by atoms with Crippen molar-refractivity contribution in [3.05, 3.63) is 18.2 Å². The van der Waals surface area contributed by atoms with E-state index in [1.807, 2.05) is 0 Å². The molecule has 140 valence electrons. The minimum atomic E-state index is -0.428. The molecule has 2 heterocycles. The summed E-state index contributed by atoms with van der Waals surface area (Å²) in [6.07, 6.45) is 1.45. The number of nitrogens with one attached hydrogen (secondary N) is 1. The maximum absolute atomic E-state index is 13.0. The van der Waals surface area contributed by atoms with Gasteiger partial charge in [0.05, 0.1) is 39.4 Å². The monoisotopic (exact) mass is 362 g/mol. The highest BCUT2D eigenvalue weighted by Gasteiger charge is 2.47. The van der Waals surface area contributed by atoms with Crippen molar-refractivity contribution in [2.75, 3.05) is 32.2 Å². The van der Waals surface area contributed by atoms with Gasteiger partial charge in [-0.05, 0) is 12.1 Å². The van der Waals surface area contributed by atoms with Crippen LogP contribution in [0.3, 0.4) is 0 Å². The summed E-state index contributed by atoms with van der Waals surface area (Å²) in [6, 6.07) is 4.57. The zero-order valence-electron chi connectivity index (χ0n) is 15.0. The third-order valence-electron chi connectivity index (χ3n) is 5.30.